The lowest BCUT2D eigenvalue weighted by Gasteiger charge is -2.14. The predicted molar refractivity (Wildman–Crippen MR) is 117 cm³/mol. The minimum atomic E-state index is 0.334. The smallest absolute Gasteiger partial charge is 0.236 e. The van der Waals surface area contributed by atoms with Crippen molar-refractivity contribution >= 4 is 5.65 Å². The van der Waals surface area contributed by atoms with Crippen LogP contribution in [0.4, 0.5) is 0 Å². The molecule has 1 saturated carbocycles. The molecule has 3 aromatic heterocycles. The summed E-state index contributed by atoms with van der Waals surface area (Å²) in [7, 11) is 0. The number of hydrogen-bond donors (Lipinski definition) is 0. The number of hydrogen-bond acceptors (Lipinski definition) is 6. The van der Waals surface area contributed by atoms with Crippen molar-refractivity contribution in [2.24, 2.45) is 0 Å². The lowest BCUT2D eigenvalue weighted by atomic mass is 10.0. The zero-order chi connectivity index (χ0) is 21.2. The van der Waals surface area contributed by atoms with Crippen LogP contribution in [0.25, 0.3) is 16.9 Å². The predicted octanol–water partition coefficient (Wildman–Crippen LogP) is 4.20. The van der Waals surface area contributed by atoms with Crippen molar-refractivity contribution in [3.63, 3.8) is 0 Å². The number of rotatable bonds is 7. The summed E-state index contributed by atoms with van der Waals surface area (Å²) in [4.78, 5) is 9.33. The van der Waals surface area contributed by atoms with Gasteiger partial charge in [-0.05, 0) is 19.8 Å². The van der Waals surface area contributed by atoms with Gasteiger partial charge in [-0.15, -0.1) is 10.2 Å². The Bertz CT molecular complexity index is 1180. The number of benzene rings is 1. The van der Waals surface area contributed by atoms with Gasteiger partial charge in [0.15, 0.2) is 11.5 Å². The van der Waals surface area contributed by atoms with Gasteiger partial charge >= 0.3 is 0 Å². The summed E-state index contributed by atoms with van der Waals surface area (Å²) in [6.07, 6.45) is 7.08. The maximum atomic E-state index is 6.30. The van der Waals surface area contributed by atoms with Gasteiger partial charge in [0, 0.05) is 24.4 Å². The first-order valence-corrected chi connectivity index (χ1v) is 11.1. The molecule has 1 aliphatic rings. The van der Waals surface area contributed by atoms with E-state index in [4.69, 9.17) is 9.72 Å². The van der Waals surface area contributed by atoms with E-state index >= 15 is 0 Å². The average molecular weight is 418 g/mol. The van der Waals surface area contributed by atoms with Gasteiger partial charge in [0.2, 0.25) is 5.88 Å². The molecule has 1 fully saturated rings. The molecule has 0 radical (unpaired) electrons. The summed E-state index contributed by atoms with van der Waals surface area (Å²) < 4.78 is 10.3. The Kier molecular flexibility index (Phi) is 5.36. The van der Waals surface area contributed by atoms with Crippen molar-refractivity contribution < 1.29 is 4.74 Å². The molecular weight excluding hydrogens is 390 g/mol. The second kappa shape index (κ2) is 8.45. The Morgan fingerprint density at radius 2 is 1.84 bits per heavy atom. The van der Waals surface area contributed by atoms with Crippen LogP contribution in [0.15, 0.2) is 36.7 Å². The van der Waals surface area contributed by atoms with Crippen LogP contribution in [0.1, 0.15) is 62.8 Å². The van der Waals surface area contributed by atoms with Crippen LogP contribution in [0.5, 0.6) is 5.88 Å². The first-order valence-electron chi connectivity index (χ1n) is 11.1. The fraction of sp³-hybridized carbons (Fsp3) is 0.435. The molecule has 8 nitrogen and oxygen atoms in total. The van der Waals surface area contributed by atoms with Crippen LogP contribution >= 0.6 is 0 Å². The molecule has 0 bridgehead atoms. The molecule has 5 rings (SSSR count). The van der Waals surface area contributed by atoms with Crippen LogP contribution in [-0.4, -0.2) is 34.3 Å². The maximum absolute atomic E-state index is 6.30. The van der Waals surface area contributed by atoms with E-state index in [1.165, 1.54) is 12.8 Å². The van der Waals surface area contributed by atoms with E-state index in [0.29, 0.717) is 18.4 Å². The molecule has 160 valence electrons. The van der Waals surface area contributed by atoms with Crippen molar-refractivity contribution in [1.82, 2.24) is 34.3 Å². The highest BCUT2D eigenvalue weighted by Gasteiger charge is 2.29. The molecular formula is C23H27N7O. The molecule has 8 heteroatoms. The molecule has 0 atom stereocenters. The lowest BCUT2D eigenvalue weighted by molar-refractivity contribution is 0.272. The van der Waals surface area contributed by atoms with Gasteiger partial charge in [-0.2, -0.15) is 10.1 Å². The molecule has 0 saturated heterocycles. The standard InChI is InChI=1S/C23H27N7O/c1-3-18-27-28-20(16-10-6-5-7-11-16)22-26-23(21(30(18)22)17-12-8-9-13-17)31-14-19-24-15-25-29(19)4-2/h5-7,10-11,15,17H,3-4,8-9,12-14H2,1-2H3. The summed E-state index contributed by atoms with van der Waals surface area (Å²) in [6.45, 7) is 5.24. The third-order valence-corrected chi connectivity index (χ3v) is 6.05. The van der Waals surface area contributed by atoms with Gasteiger partial charge in [-0.3, -0.25) is 4.40 Å². The molecule has 0 spiro atoms. The first kappa shape index (κ1) is 19.7. The minimum Gasteiger partial charge on any atom is -0.468 e. The van der Waals surface area contributed by atoms with Crippen molar-refractivity contribution in [2.75, 3.05) is 0 Å². The summed E-state index contributed by atoms with van der Waals surface area (Å²) >= 11 is 0. The lowest BCUT2D eigenvalue weighted by Crippen LogP contribution is -2.11. The molecule has 0 aliphatic heterocycles. The van der Waals surface area contributed by atoms with Gasteiger partial charge < -0.3 is 4.74 Å². The van der Waals surface area contributed by atoms with Crippen molar-refractivity contribution in [1.29, 1.82) is 0 Å². The highest BCUT2D eigenvalue weighted by atomic mass is 16.5. The second-order valence-corrected chi connectivity index (χ2v) is 7.91. The van der Waals surface area contributed by atoms with Gasteiger partial charge in [0.05, 0.1) is 5.69 Å². The fourth-order valence-electron chi connectivity index (χ4n) is 4.50. The van der Waals surface area contributed by atoms with Crippen LogP contribution in [0, 0.1) is 0 Å². The first-order chi connectivity index (χ1) is 15.3. The summed E-state index contributed by atoms with van der Waals surface area (Å²) in [6, 6.07) is 10.1. The van der Waals surface area contributed by atoms with E-state index in [1.54, 1.807) is 6.33 Å². The quantitative estimate of drug-likeness (QED) is 0.448. The third kappa shape index (κ3) is 3.56. The number of aromatic nitrogens is 7. The van der Waals surface area contributed by atoms with Crippen molar-refractivity contribution in [2.45, 2.75) is 65.0 Å². The Labute approximate surface area is 181 Å². The van der Waals surface area contributed by atoms with Crippen LogP contribution in [0.3, 0.4) is 0 Å². The highest BCUT2D eigenvalue weighted by molar-refractivity contribution is 5.74. The summed E-state index contributed by atoms with van der Waals surface area (Å²) in [5.41, 5.74) is 3.72. The summed E-state index contributed by atoms with van der Waals surface area (Å²) in [5.74, 6) is 2.79. The Balaban J connectivity index is 1.65. The monoisotopic (exact) mass is 417 g/mol. The van der Waals surface area contributed by atoms with Crippen LogP contribution in [0.2, 0.25) is 0 Å². The van der Waals surface area contributed by atoms with Crippen molar-refractivity contribution in [3.05, 3.63) is 54.0 Å². The number of aryl methyl sites for hydroxylation is 2. The van der Waals surface area contributed by atoms with Crippen molar-refractivity contribution in [3.8, 4) is 17.1 Å². The molecule has 1 aromatic carbocycles. The average Bonchev–Trinajstić information content (AvgIpc) is 3.56. The Morgan fingerprint density at radius 3 is 2.58 bits per heavy atom. The van der Waals surface area contributed by atoms with Crippen LogP contribution in [-0.2, 0) is 19.6 Å². The Hall–Kier alpha value is -3.29. The van der Waals surface area contributed by atoms with E-state index in [1.807, 2.05) is 41.9 Å². The maximum Gasteiger partial charge on any atom is 0.236 e. The molecule has 0 N–H and O–H groups in total. The van der Waals surface area contributed by atoms with E-state index in [9.17, 15) is 0 Å². The molecule has 1 aliphatic carbocycles. The van der Waals surface area contributed by atoms with Gasteiger partial charge in [0.1, 0.15) is 24.5 Å². The molecule has 0 amide bonds. The van der Waals surface area contributed by atoms with E-state index in [-0.39, 0.29) is 0 Å². The normalized spacial score (nSPS) is 14.5. The number of nitrogens with zero attached hydrogens (tertiary/aromatic N) is 7. The van der Waals surface area contributed by atoms with E-state index < -0.39 is 0 Å². The summed E-state index contributed by atoms with van der Waals surface area (Å²) in [5, 5.41) is 13.4. The highest BCUT2D eigenvalue weighted by Crippen LogP contribution is 2.40. The second-order valence-electron chi connectivity index (χ2n) is 7.91. The van der Waals surface area contributed by atoms with Gasteiger partial charge in [-0.1, -0.05) is 50.1 Å². The van der Waals surface area contributed by atoms with E-state index in [0.717, 1.165) is 60.1 Å². The topological polar surface area (TPSA) is 83.0 Å². The Morgan fingerprint density at radius 1 is 1.03 bits per heavy atom. The number of fused-ring (bicyclic) bond motifs is 1. The zero-order valence-corrected chi connectivity index (χ0v) is 18.0. The van der Waals surface area contributed by atoms with Gasteiger partial charge in [0.25, 0.3) is 0 Å². The molecule has 31 heavy (non-hydrogen) atoms. The number of ether oxygens (including phenoxy) is 1. The molecule has 4 aromatic rings. The number of imidazole rings is 1. The molecule has 3 heterocycles. The minimum absolute atomic E-state index is 0.334. The third-order valence-electron chi connectivity index (χ3n) is 6.05. The SMILES string of the molecule is CCc1nnc(-c2ccccc2)c2nc(OCc3ncnn3CC)c(C3CCCC3)n12. The van der Waals surface area contributed by atoms with Gasteiger partial charge in [-0.25, -0.2) is 9.67 Å². The zero-order valence-electron chi connectivity index (χ0n) is 18.0. The molecule has 0 unspecified atom stereocenters. The van der Waals surface area contributed by atoms with Crippen LogP contribution < -0.4 is 4.74 Å². The van der Waals surface area contributed by atoms with E-state index in [2.05, 4.69) is 31.6 Å². The largest absolute Gasteiger partial charge is 0.468 e. The fourth-order valence-corrected chi connectivity index (χ4v) is 4.50.